The SMILES string of the molecule is CCNC(=NCc1cc(F)ccc1F)N1CCN(c2ccccc2O)CC1. The third-order valence-corrected chi connectivity index (χ3v) is 4.54. The molecule has 3 rings (SSSR count). The summed E-state index contributed by atoms with van der Waals surface area (Å²) in [6.45, 7) is 5.62. The minimum atomic E-state index is -0.470. The van der Waals surface area contributed by atoms with Gasteiger partial charge >= 0.3 is 0 Å². The Hall–Kier alpha value is -2.83. The summed E-state index contributed by atoms with van der Waals surface area (Å²) in [5.74, 6) is 0.0226. The Morgan fingerprint density at radius 2 is 1.85 bits per heavy atom. The van der Waals surface area contributed by atoms with Crippen LogP contribution in [-0.2, 0) is 6.54 Å². The number of phenolic OH excluding ortho intramolecular Hbond substituents is 1. The van der Waals surface area contributed by atoms with Crippen molar-refractivity contribution in [1.82, 2.24) is 10.2 Å². The second-order valence-electron chi connectivity index (χ2n) is 6.37. The first-order chi connectivity index (χ1) is 13.1. The van der Waals surface area contributed by atoms with Gasteiger partial charge in [-0.25, -0.2) is 13.8 Å². The Balaban J connectivity index is 1.67. The van der Waals surface area contributed by atoms with Crippen molar-refractivity contribution in [3.05, 3.63) is 59.7 Å². The standard InChI is InChI=1S/C20H24F2N4O/c1-2-23-20(24-14-15-13-16(21)7-8-17(15)22)26-11-9-25(10-12-26)18-5-3-4-6-19(18)27/h3-8,13,27H,2,9-12,14H2,1H3,(H,23,24). The predicted octanol–water partition coefficient (Wildman–Crippen LogP) is 2.96. The van der Waals surface area contributed by atoms with Gasteiger partial charge in [0, 0.05) is 38.3 Å². The van der Waals surface area contributed by atoms with Gasteiger partial charge in [0.2, 0.25) is 0 Å². The molecule has 0 saturated carbocycles. The van der Waals surface area contributed by atoms with E-state index in [1.165, 1.54) is 6.07 Å². The first kappa shape index (κ1) is 18.9. The fourth-order valence-corrected chi connectivity index (χ4v) is 3.14. The Morgan fingerprint density at radius 3 is 2.56 bits per heavy atom. The van der Waals surface area contributed by atoms with Gasteiger partial charge in [0.05, 0.1) is 12.2 Å². The van der Waals surface area contributed by atoms with E-state index >= 15 is 0 Å². The van der Waals surface area contributed by atoms with E-state index < -0.39 is 11.6 Å². The van der Waals surface area contributed by atoms with Gasteiger partial charge in [-0.15, -0.1) is 0 Å². The lowest BCUT2D eigenvalue weighted by molar-refractivity contribution is 0.369. The number of benzene rings is 2. The molecule has 27 heavy (non-hydrogen) atoms. The molecule has 0 bridgehead atoms. The van der Waals surface area contributed by atoms with Crippen molar-refractivity contribution in [2.45, 2.75) is 13.5 Å². The van der Waals surface area contributed by atoms with E-state index in [2.05, 4.69) is 20.1 Å². The van der Waals surface area contributed by atoms with Crippen molar-refractivity contribution >= 4 is 11.6 Å². The average Bonchev–Trinajstić information content (AvgIpc) is 2.68. The van der Waals surface area contributed by atoms with Crippen LogP contribution in [0.4, 0.5) is 14.5 Å². The zero-order valence-corrected chi connectivity index (χ0v) is 15.3. The maximum atomic E-state index is 13.8. The number of anilines is 1. The van der Waals surface area contributed by atoms with Crippen molar-refractivity contribution in [3.63, 3.8) is 0 Å². The second kappa shape index (κ2) is 8.70. The monoisotopic (exact) mass is 374 g/mol. The van der Waals surface area contributed by atoms with Gasteiger partial charge < -0.3 is 20.2 Å². The van der Waals surface area contributed by atoms with Gasteiger partial charge in [0.25, 0.3) is 0 Å². The molecule has 5 nitrogen and oxygen atoms in total. The largest absolute Gasteiger partial charge is 0.506 e. The molecule has 2 aromatic carbocycles. The predicted molar refractivity (Wildman–Crippen MR) is 103 cm³/mol. The highest BCUT2D eigenvalue weighted by molar-refractivity contribution is 5.80. The first-order valence-electron chi connectivity index (χ1n) is 9.08. The van der Waals surface area contributed by atoms with Crippen LogP contribution in [0.15, 0.2) is 47.5 Å². The molecule has 1 aliphatic heterocycles. The summed E-state index contributed by atoms with van der Waals surface area (Å²) < 4.78 is 27.2. The number of nitrogens with zero attached hydrogens (tertiary/aromatic N) is 3. The number of nitrogens with one attached hydrogen (secondary N) is 1. The third-order valence-electron chi connectivity index (χ3n) is 4.54. The number of guanidine groups is 1. The molecule has 0 unspecified atom stereocenters. The van der Waals surface area contributed by atoms with E-state index in [0.29, 0.717) is 25.6 Å². The van der Waals surface area contributed by atoms with Crippen LogP contribution in [0.25, 0.3) is 0 Å². The summed E-state index contributed by atoms with van der Waals surface area (Å²) >= 11 is 0. The van der Waals surface area contributed by atoms with Crippen LogP contribution in [0.1, 0.15) is 12.5 Å². The molecule has 0 aliphatic carbocycles. The quantitative estimate of drug-likeness (QED) is 0.638. The number of phenols is 1. The molecule has 0 aromatic heterocycles. The minimum Gasteiger partial charge on any atom is -0.506 e. The summed E-state index contributed by atoms with van der Waals surface area (Å²) in [6.07, 6.45) is 0. The molecule has 144 valence electrons. The molecule has 0 radical (unpaired) electrons. The Bertz CT molecular complexity index is 804. The first-order valence-corrected chi connectivity index (χ1v) is 9.08. The highest BCUT2D eigenvalue weighted by Crippen LogP contribution is 2.27. The summed E-state index contributed by atoms with van der Waals surface area (Å²) in [7, 11) is 0. The molecule has 0 spiro atoms. The topological polar surface area (TPSA) is 51.1 Å². The van der Waals surface area contributed by atoms with Crippen LogP contribution in [0, 0.1) is 11.6 Å². The Kier molecular flexibility index (Phi) is 6.11. The lowest BCUT2D eigenvalue weighted by Gasteiger charge is -2.37. The molecule has 0 atom stereocenters. The molecule has 7 heteroatoms. The van der Waals surface area contributed by atoms with Crippen molar-refractivity contribution in [1.29, 1.82) is 0 Å². The number of hydrogen-bond donors (Lipinski definition) is 2. The van der Waals surface area contributed by atoms with E-state index in [1.807, 2.05) is 19.1 Å². The van der Waals surface area contributed by atoms with Gasteiger partial charge in [-0.1, -0.05) is 12.1 Å². The van der Waals surface area contributed by atoms with Crippen LogP contribution in [0.3, 0.4) is 0 Å². The van der Waals surface area contributed by atoms with Crippen molar-refractivity contribution in [2.75, 3.05) is 37.6 Å². The molecule has 1 aliphatic rings. The summed E-state index contributed by atoms with van der Waals surface area (Å²) in [6, 6.07) is 10.7. The molecular weight excluding hydrogens is 350 g/mol. The summed E-state index contributed by atoms with van der Waals surface area (Å²) in [5, 5.41) is 13.2. The van der Waals surface area contributed by atoms with Crippen molar-refractivity contribution in [3.8, 4) is 5.75 Å². The van der Waals surface area contributed by atoms with Crippen LogP contribution in [0.5, 0.6) is 5.75 Å². The van der Waals surface area contributed by atoms with Gasteiger partial charge in [0.15, 0.2) is 5.96 Å². The number of aromatic hydroxyl groups is 1. The average molecular weight is 374 g/mol. The van der Waals surface area contributed by atoms with Gasteiger partial charge in [-0.05, 0) is 37.3 Å². The number of aliphatic imine (C=N–C) groups is 1. The molecule has 1 fully saturated rings. The fourth-order valence-electron chi connectivity index (χ4n) is 3.14. The minimum absolute atomic E-state index is 0.0750. The number of hydrogen-bond acceptors (Lipinski definition) is 3. The van der Waals surface area contributed by atoms with Crippen LogP contribution in [-0.4, -0.2) is 48.7 Å². The maximum absolute atomic E-state index is 13.8. The third kappa shape index (κ3) is 4.67. The van der Waals surface area contributed by atoms with Crippen molar-refractivity contribution < 1.29 is 13.9 Å². The Labute approximate surface area is 157 Å². The molecule has 2 aromatic rings. The van der Waals surface area contributed by atoms with Crippen molar-refractivity contribution in [2.24, 2.45) is 4.99 Å². The fraction of sp³-hybridized carbons (Fsp3) is 0.350. The zero-order valence-electron chi connectivity index (χ0n) is 15.3. The molecular formula is C20H24F2N4O. The summed E-state index contributed by atoms with van der Waals surface area (Å²) in [5.41, 5.74) is 1.05. The Morgan fingerprint density at radius 1 is 1.11 bits per heavy atom. The van der Waals surface area contributed by atoms with Crippen LogP contribution in [0.2, 0.25) is 0 Å². The normalized spacial score (nSPS) is 15.1. The van der Waals surface area contributed by atoms with Gasteiger partial charge in [0.1, 0.15) is 17.4 Å². The molecule has 1 heterocycles. The lowest BCUT2D eigenvalue weighted by Crippen LogP contribution is -2.52. The van der Waals surface area contributed by atoms with Gasteiger partial charge in [-0.3, -0.25) is 0 Å². The van der Waals surface area contributed by atoms with Gasteiger partial charge in [-0.2, -0.15) is 0 Å². The van der Waals surface area contributed by atoms with Crippen LogP contribution >= 0.6 is 0 Å². The molecule has 1 saturated heterocycles. The molecule has 0 amide bonds. The van der Waals surface area contributed by atoms with E-state index in [-0.39, 0.29) is 17.9 Å². The van der Waals surface area contributed by atoms with E-state index in [4.69, 9.17) is 0 Å². The van der Waals surface area contributed by atoms with E-state index in [1.54, 1.807) is 12.1 Å². The summed E-state index contributed by atoms with van der Waals surface area (Å²) in [4.78, 5) is 8.70. The van der Waals surface area contributed by atoms with E-state index in [0.717, 1.165) is 30.9 Å². The maximum Gasteiger partial charge on any atom is 0.194 e. The smallest absolute Gasteiger partial charge is 0.194 e. The lowest BCUT2D eigenvalue weighted by atomic mass is 10.2. The second-order valence-corrected chi connectivity index (χ2v) is 6.37. The zero-order chi connectivity index (χ0) is 19.2. The highest BCUT2D eigenvalue weighted by atomic mass is 19.1. The highest BCUT2D eigenvalue weighted by Gasteiger charge is 2.21. The molecule has 2 N–H and O–H groups in total. The van der Waals surface area contributed by atoms with E-state index in [9.17, 15) is 13.9 Å². The van der Waals surface area contributed by atoms with Crippen LogP contribution < -0.4 is 10.2 Å². The number of piperazine rings is 1. The number of halogens is 2. The number of para-hydroxylation sites is 2. The number of rotatable bonds is 4.